The van der Waals surface area contributed by atoms with Gasteiger partial charge in [0.1, 0.15) is 17.2 Å². The lowest BCUT2D eigenvalue weighted by atomic mass is 10.0. The lowest BCUT2D eigenvalue weighted by molar-refractivity contribution is -0.137. The zero-order chi connectivity index (χ0) is 23.5. The molecule has 4 nitrogen and oxygen atoms in total. The maximum atomic E-state index is 12.9. The Labute approximate surface area is 193 Å². The van der Waals surface area contributed by atoms with Gasteiger partial charge in [-0.2, -0.15) is 13.2 Å². The highest BCUT2D eigenvalue weighted by Crippen LogP contribution is 2.45. The average molecular weight is 461 g/mol. The number of ether oxygens (including phenoxy) is 3. The number of fused-ring (bicyclic) bond motifs is 1. The molecule has 0 saturated heterocycles. The molecule has 0 amide bonds. The summed E-state index contributed by atoms with van der Waals surface area (Å²) in [6, 6.07) is 27.3. The van der Waals surface area contributed by atoms with E-state index in [1.165, 1.54) is 12.1 Å². The van der Waals surface area contributed by atoms with Crippen molar-refractivity contribution in [3.8, 4) is 23.0 Å². The number of aliphatic imine (C=N–C) groups is 1. The third kappa shape index (κ3) is 4.59. The summed E-state index contributed by atoms with van der Waals surface area (Å²) in [7, 11) is 0. The van der Waals surface area contributed by atoms with Gasteiger partial charge in [0.15, 0.2) is 11.5 Å². The first-order chi connectivity index (χ1) is 16.5. The molecule has 0 fully saturated rings. The van der Waals surface area contributed by atoms with E-state index >= 15 is 0 Å². The highest BCUT2D eigenvalue weighted by molar-refractivity contribution is 6.14. The summed E-state index contributed by atoms with van der Waals surface area (Å²) in [5.41, 5.74) is 2.29. The molecule has 1 aliphatic heterocycles. The first-order valence-electron chi connectivity index (χ1n) is 10.5. The molecular weight excluding hydrogens is 443 g/mol. The van der Waals surface area contributed by atoms with Crippen LogP contribution in [0.4, 0.5) is 18.9 Å². The van der Waals surface area contributed by atoms with Crippen LogP contribution in [0.25, 0.3) is 0 Å². The van der Waals surface area contributed by atoms with Crippen LogP contribution in [0.2, 0.25) is 0 Å². The van der Waals surface area contributed by atoms with Crippen LogP contribution in [-0.2, 0) is 6.18 Å². The van der Waals surface area contributed by atoms with Gasteiger partial charge < -0.3 is 14.2 Å². The normalized spacial score (nSPS) is 12.3. The third-order valence-corrected chi connectivity index (χ3v) is 5.17. The van der Waals surface area contributed by atoms with E-state index < -0.39 is 11.7 Å². The number of halogens is 3. The molecule has 4 aromatic carbocycles. The van der Waals surface area contributed by atoms with Crippen LogP contribution in [-0.4, -0.2) is 12.5 Å². The van der Waals surface area contributed by atoms with Gasteiger partial charge in [-0.15, -0.1) is 0 Å². The van der Waals surface area contributed by atoms with Crippen LogP contribution in [0.5, 0.6) is 23.0 Å². The largest absolute Gasteiger partial charge is 0.457 e. The van der Waals surface area contributed by atoms with Crippen LogP contribution in [0.15, 0.2) is 102 Å². The summed E-state index contributed by atoms with van der Waals surface area (Å²) in [5.74, 6) is 1.55. The van der Waals surface area contributed by atoms with E-state index in [1.807, 2.05) is 60.7 Å². The Balaban J connectivity index is 1.55. The number of benzene rings is 4. The molecule has 4 aromatic rings. The lowest BCUT2D eigenvalue weighted by Gasteiger charge is -2.12. The van der Waals surface area contributed by atoms with E-state index in [1.54, 1.807) is 12.1 Å². The zero-order valence-corrected chi connectivity index (χ0v) is 17.8. The van der Waals surface area contributed by atoms with Crippen molar-refractivity contribution in [1.82, 2.24) is 0 Å². The molecule has 0 atom stereocenters. The average Bonchev–Trinajstić information content (AvgIpc) is 3.32. The molecule has 1 aliphatic rings. The predicted molar refractivity (Wildman–Crippen MR) is 122 cm³/mol. The van der Waals surface area contributed by atoms with Gasteiger partial charge in [0.2, 0.25) is 6.79 Å². The number of nitrogens with zero attached hydrogens (tertiary/aromatic N) is 1. The molecule has 0 spiro atoms. The van der Waals surface area contributed by atoms with E-state index in [2.05, 4.69) is 0 Å². The summed E-state index contributed by atoms with van der Waals surface area (Å²) < 4.78 is 55.6. The van der Waals surface area contributed by atoms with Crippen LogP contribution in [0.1, 0.15) is 16.7 Å². The fourth-order valence-corrected chi connectivity index (χ4v) is 3.57. The molecule has 5 rings (SSSR count). The van der Waals surface area contributed by atoms with Crippen LogP contribution < -0.4 is 14.2 Å². The Kier molecular flexibility index (Phi) is 5.67. The Bertz CT molecular complexity index is 1280. The molecule has 0 bridgehead atoms. The minimum atomic E-state index is -4.41. The highest BCUT2D eigenvalue weighted by Gasteiger charge is 2.30. The minimum Gasteiger partial charge on any atom is -0.457 e. The summed E-state index contributed by atoms with van der Waals surface area (Å²) in [6.45, 7) is 0.0353. The summed E-state index contributed by atoms with van der Waals surface area (Å²) >= 11 is 0. The predicted octanol–water partition coefficient (Wildman–Crippen LogP) is 7.40. The van der Waals surface area contributed by atoms with E-state index in [-0.39, 0.29) is 12.5 Å². The molecule has 0 aromatic heterocycles. The van der Waals surface area contributed by atoms with Crippen molar-refractivity contribution in [2.24, 2.45) is 4.99 Å². The molecule has 0 unspecified atom stereocenters. The topological polar surface area (TPSA) is 40.0 Å². The van der Waals surface area contributed by atoms with Crippen molar-refractivity contribution < 1.29 is 27.4 Å². The molecular formula is C27H18F3NO3. The molecule has 0 N–H and O–H groups in total. The molecule has 34 heavy (non-hydrogen) atoms. The van der Waals surface area contributed by atoms with Gasteiger partial charge >= 0.3 is 6.18 Å². The smallest absolute Gasteiger partial charge is 0.416 e. The van der Waals surface area contributed by atoms with Gasteiger partial charge in [-0.3, -0.25) is 0 Å². The fourth-order valence-electron chi connectivity index (χ4n) is 3.57. The third-order valence-electron chi connectivity index (χ3n) is 5.17. The first-order valence-corrected chi connectivity index (χ1v) is 10.5. The monoisotopic (exact) mass is 461 g/mol. The maximum Gasteiger partial charge on any atom is 0.416 e. The van der Waals surface area contributed by atoms with Crippen molar-refractivity contribution >= 4 is 11.4 Å². The van der Waals surface area contributed by atoms with Crippen molar-refractivity contribution in [2.45, 2.75) is 6.18 Å². The summed E-state index contributed by atoms with van der Waals surface area (Å²) in [4.78, 5) is 4.90. The van der Waals surface area contributed by atoms with Crippen molar-refractivity contribution in [3.05, 3.63) is 114 Å². The quantitative estimate of drug-likeness (QED) is 0.291. The molecule has 1 heterocycles. The fraction of sp³-hybridized carbons (Fsp3) is 0.0741. The van der Waals surface area contributed by atoms with Gasteiger partial charge in [0.25, 0.3) is 0 Å². The summed E-state index contributed by atoms with van der Waals surface area (Å²) in [6.07, 6.45) is -4.41. The first kappa shape index (κ1) is 21.6. The second-order valence-electron chi connectivity index (χ2n) is 7.49. The number of hydrogen-bond acceptors (Lipinski definition) is 4. The SMILES string of the molecule is FC(F)(F)c1ccc(Oc2cc(N=C(c3ccccc3)c3ccccc3)c3c(c2)OCO3)cc1. The lowest BCUT2D eigenvalue weighted by Crippen LogP contribution is -2.04. The van der Waals surface area contributed by atoms with Crippen molar-refractivity contribution in [3.63, 3.8) is 0 Å². The van der Waals surface area contributed by atoms with Gasteiger partial charge in [0, 0.05) is 23.3 Å². The number of hydrogen-bond donors (Lipinski definition) is 0. The van der Waals surface area contributed by atoms with Gasteiger partial charge in [-0.25, -0.2) is 4.99 Å². The van der Waals surface area contributed by atoms with Crippen LogP contribution in [0, 0.1) is 0 Å². The van der Waals surface area contributed by atoms with Crippen molar-refractivity contribution in [1.29, 1.82) is 0 Å². The van der Waals surface area contributed by atoms with Crippen molar-refractivity contribution in [2.75, 3.05) is 6.79 Å². The van der Waals surface area contributed by atoms with Crippen LogP contribution in [0.3, 0.4) is 0 Å². The Morgan fingerprint density at radius 2 is 1.35 bits per heavy atom. The molecule has 0 radical (unpaired) electrons. The summed E-state index contributed by atoms with van der Waals surface area (Å²) in [5, 5.41) is 0. The molecule has 0 saturated carbocycles. The highest BCUT2D eigenvalue weighted by atomic mass is 19.4. The Hall–Kier alpha value is -4.26. The zero-order valence-electron chi connectivity index (χ0n) is 17.8. The van der Waals surface area contributed by atoms with Crippen LogP contribution >= 0.6 is 0 Å². The van der Waals surface area contributed by atoms with Gasteiger partial charge in [0.05, 0.1) is 11.3 Å². The minimum absolute atomic E-state index is 0.0353. The van der Waals surface area contributed by atoms with E-state index in [9.17, 15) is 13.2 Å². The Morgan fingerprint density at radius 3 is 1.94 bits per heavy atom. The molecule has 7 heteroatoms. The Morgan fingerprint density at radius 1 is 0.735 bits per heavy atom. The van der Waals surface area contributed by atoms with Gasteiger partial charge in [-0.1, -0.05) is 60.7 Å². The number of rotatable bonds is 5. The maximum absolute atomic E-state index is 12.9. The van der Waals surface area contributed by atoms with E-state index in [0.29, 0.717) is 22.9 Å². The molecule has 170 valence electrons. The number of alkyl halides is 3. The molecule has 0 aliphatic carbocycles. The van der Waals surface area contributed by atoms with Gasteiger partial charge in [-0.05, 0) is 24.3 Å². The second-order valence-corrected chi connectivity index (χ2v) is 7.49. The van der Waals surface area contributed by atoms with E-state index in [4.69, 9.17) is 19.2 Å². The standard InChI is InChI=1S/C27H18F3NO3/c28-27(29,30)20-11-13-21(14-12-20)34-22-15-23(26-24(16-22)32-17-33-26)31-25(18-7-3-1-4-8-18)19-9-5-2-6-10-19/h1-16H,17H2. The van der Waals surface area contributed by atoms with E-state index in [0.717, 1.165) is 29.0 Å². The second kappa shape index (κ2) is 8.94.